The number of rotatable bonds is 3. The third-order valence-corrected chi connectivity index (χ3v) is 5.70. The first-order valence-corrected chi connectivity index (χ1v) is 8.60. The summed E-state index contributed by atoms with van der Waals surface area (Å²) in [7, 11) is -9.45. The SMILES string of the molecule is CC(C)(C)OP(=O)(OC(C)(C)C)P(=O)(O)O. The standard InChI is InChI=1S/C8H20O6P2/c1-7(2,3)13-16(12,15(9,10)11)14-8(4,5)6/h1-6H3,(H2,9,10,11). The van der Waals surface area contributed by atoms with Gasteiger partial charge in [-0.1, -0.05) is 0 Å². The third-order valence-electron chi connectivity index (χ3n) is 1.10. The lowest BCUT2D eigenvalue weighted by Gasteiger charge is -2.31. The van der Waals surface area contributed by atoms with E-state index in [2.05, 4.69) is 0 Å². The van der Waals surface area contributed by atoms with Gasteiger partial charge in [0.15, 0.2) is 0 Å². The molecule has 0 aliphatic carbocycles. The smallest absolute Gasteiger partial charge is 0.316 e. The Morgan fingerprint density at radius 2 is 1.06 bits per heavy atom. The van der Waals surface area contributed by atoms with Crippen LogP contribution in [0.1, 0.15) is 41.5 Å². The predicted molar refractivity (Wildman–Crippen MR) is 61.3 cm³/mol. The Labute approximate surface area is 95.9 Å². The Morgan fingerprint density at radius 3 is 1.19 bits per heavy atom. The van der Waals surface area contributed by atoms with Gasteiger partial charge in [-0.2, -0.15) is 0 Å². The highest BCUT2D eigenvalue weighted by Crippen LogP contribution is 2.80. The molecule has 0 aliphatic heterocycles. The quantitative estimate of drug-likeness (QED) is 0.768. The van der Waals surface area contributed by atoms with E-state index >= 15 is 0 Å². The van der Waals surface area contributed by atoms with Crippen molar-refractivity contribution < 1.29 is 28.0 Å². The van der Waals surface area contributed by atoms with E-state index in [0.29, 0.717) is 0 Å². The maximum Gasteiger partial charge on any atom is 0.441 e. The molecule has 2 N–H and O–H groups in total. The zero-order valence-corrected chi connectivity index (χ0v) is 12.2. The average molecular weight is 274 g/mol. The second kappa shape index (κ2) is 4.52. The van der Waals surface area contributed by atoms with Crippen molar-refractivity contribution in [2.45, 2.75) is 52.7 Å². The second-order valence-corrected chi connectivity index (χ2v) is 10.8. The molecule has 98 valence electrons. The fourth-order valence-electron chi connectivity index (χ4n) is 0.817. The van der Waals surface area contributed by atoms with Gasteiger partial charge >= 0.3 is 14.6 Å². The Balaban J connectivity index is 5.25. The van der Waals surface area contributed by atoms with Gasteiger partial charge in [-0.05, 0) is 41.5 Å². The summed E-state index contributed by atoms with van der Waals surface area (Å²) in [6, 6.07) is 0. The largest absolute Gasteiger partial charge is 0.441 e. The van der Waals surface area contributed by atoms with E-state index in [4.69, 9.17) is 18.8 Å². The lowest BCUT2D eigenvalue weighted by Crippen LogP contribution is -2.23. The molecule has 16 heavy (non-hydrogen) atoms. The number of hydrogen-bond donors (Lipinski definition) is 2. The zero-order chi connectivity index (χ0) is 13.4. The molecule has 8 heteroatoms. The third kappa shape index (κ3) is 5.58. The Morgan fingerprint density at radius 1 is 0.812 bits per heavy atom. The van der Waals surface area contributed by atoms with Crippen LogP contribution in [0.3, 0.4) is 0 Å². The summed E-state index contributed by atoms with van der Waals surface area (Å²) in [6.07, 6.45) is 0. The van der Waals surface area contributed by atoms with E-state index in [1.54, 1.807) is 41.5 Å². The van der Waals surface area contributed by atoms with Gasteiger partial charge in [0.25, 0.3) is 0 Å². The van der Waals surface area contributed by atoms with Crippen LogP contribution in [-0.2, 0) is 18.2 Å². The summed E-state index contributed by atoms with van der Waals surface area (Å²) < 4.78 is 33.1. The molecule has 0 atom stereocenters. The highest BCUT2D eigenvalue weighted by Gasteiger charge is 2.50. The predicted octanol–water partition coefficient (Wildman–Crippen LogP) is 2.90. The Kier molecular flexibility index (Phi) is 4.61. The van der Waals surface area contributed by atoms with Crippen molar-refractivity contribution in [1.82, 2.24) is 0 Å². The van der Waals surface area contributed by atoms with Crippen LogP contribution in [0.5, 0.6) is 0 Å². The van der Waals surface area contributed by atoms with Gasteiger partial charge in [-0.3, -0.25) is 9.05 Å². The van der Waals surface area contributed by atoms with Crippen LogP contribution < -0.4 is 0 Å². The van der Waals surface area contributed by atoms with E-state index in [-0.39, 0.29) is 0 Å². The second-order valence-electron chi connectivity index (χ2n) is 5.39. The van der Waals surface area contributed by atoms with Crippen LogP contribution in [0.15, 0.2) is 0 Å². The van der Waals surface area contributed by atoms with Crippen LogP contribution in [0, 0.1) is 0 Å². The maximum atomic E-state index is 12.1. The molecule has 0 bridgehead atoms. The molecule has 0 aromatic rings. The molecule has 0 saturated heterocycles. The fraction of sp³-hybridized carbons (Fsp3) is 1.00. The first kappa shape index (κ1) is 16.3. The first-order valence-electron chi connectivity index (χ1n) is 4.74. The van der Waals surface area contributed by atoms with Gasteiger partial charge in [-0.25, -0.2) is 9.13 Å². The number of hydrogen-bond acceptors (Lipinski definition) is 4. The Hall–Kier alpha value is 0.300. The van der Waals surface area contributed by atoms with E-state index in [1.165, 1.54) is 0 Å². The minimum Gasteiger partial charge on any atom is -0.316 e. The normalized spacial score (nSPS) is 15.2. The monoisotopic (exact) mass is 274 g/mol. The minimum absolute atomic E-state index is 0.970. The van der Waals surface area contributed by atoms with Crippen LogP contribution in [-0.4, -0.2) is 21.0 Å². The van der Waals surface area contributed by atoms with E-state index in [9.17, 15) is 9.13 Å². The van der Waals surface area contributed by atoms with Crippen LogP contribution in [0.2, 0.25) is 0 Å². The molecule has 0 aliphatic rings. The fourth-order valence-corrected chi connectivity index (χ4v) is 4.56. The van der Waals surface area contributed by atoms with Gasteiger partial charge in [0.05, 0.1) is 11.2 Å². The average Bonchev–Trinajstić information content (AvgIpc) is 1.72. The molecule has 0 spiro atoms. The lowest BCUT2D eigenvalue weighted by molar-refractivity contribution is 0.0542. The minimum atomic E-state index is -4.97. The molecular weight excluding hydrogens is 254 g/mol. The molecule has 0 amide bonds. The summed E-state index contributed by atoms with van der Waals surface area (Å²) in [5, 5.41) is 0. The van der Waals surface area contributed by atoms with Gasteiger partial charge in [0.2, 0.25) is 0 Å². The summed E-state index contributed by atoms with van der Waals surface area (Å²) in [5.74, 6) is 0. The lowest BCUT2D eigenvalue weighted by atomic mass is 10.2. The Bertz CT molecular complexity index is 311. The highest BCUT2D eigenvalue weighted by atomic mass is 32.1. The molecular formula is C8H20O6P2. The zero-order valence-electron chi connectivity index (χ0n) is 10.4. The molecule has 0 saturated carbocycles. The summed E-state index contributed by atoms with van der Waals surface area (Å²) in [5.41, 5.74) is -1.94. The van der Waals surface area contributed by atoms with E-state index in [1.807, 2.05) is 0 Å². The summed E-state index contributed by atoms with van der Waals surface area (Å²) in [4.78, 5) is 18.1. The van der Waals surface area contributed by atoms with Gasteiger partial charge in [-0.15, -0.1) is 0 Å². The molecule has 0 radical (unpaired) electrons. The molecule has 0 heterocycles. The van der Waals surface area contributed by atoms with Crippen molar-refractivity contribution in [3.8, 4) is 0 Å². The van der Waals surface area contributed by atoms with Crippen molar-refractivity contribution >= 4 is 14.6 Å². The van der Waals surface area contributed by atoms with Gasteiger partial charge in [0, 0.05) is 0 Å². The highest BCUT2D eigenvalue weighted by molar-refractivity contribution is 8.26. The van der Waals surface area contributed by atoms with Crippen molar-refractivity contribution in [1.29, 1.82) is 0 Å². The van der Waals surface area contributed by atoms with Crippen molar-refractivity contribution in [3.05, 3.63) is 0 Å². The molecule has 0 rings (SSSR count). The molecule has 6 nitrogen and oxygen atoms in total. The maximum absolute atomic E-state index is 12.1. The molecule has 0 aromatic carbocycles. The van der Waals surface area contributed by atoms with E-state index in [0.717, 1.165) is 0 Å². The summed E-state index contributed by atoms with van der Waals surface area (Å²) >= 11 is 0. The van der Waals surface area contributed by atoms with Crippen molar-refractivity contribution in [2.24, 2.45) is 0 Å². The van der Waals surface area contributed by atoms with E-state index < -0.39 is 25.8 Å². The summed E-state index contributed by atoms with van der Waals surface area (Å²) in [6.45, 7) is 9.26. The van der Waals surface area contributed by atoms with Crippen LogP contribution in [0.25, 0.3) is 0 Å². The first-order chi connectivity index (χ1) is 6.66. The van der Waals surface area contributed by atoms with Gasteiger partial charge < -0.3 is 9.79 Å². The van der Waals surface area contributed by atoms with Gasteiger partial charge in [0.1, 0.15) is 0 Å². The molecule has 0 fully saturated rings. The van der Waals surface area contributed by atoms with Crippen LogP contribution >= 0.6 is 14.6 Å². The molecule has 0 aromatic heterocycles. The van der Waals surface area contributed by atoms with Crippen molar-refractivity contribution in [3.63, 3.8) is 0 Å². The molecule has 0 unspecified atom stereocenters. The van der Waals surface area contributed by atoms with Crippen LogP contribution in [0.4, 0.5) is 0 Å². The topological polar surface area (TPSA) is 93.1 Å². The van der Waals surface area contributed by atoms with Crippen molar-refractivity contribution in [2.75, 3.05) is 0 Å².